The fourth-order valence-corrected chi connectivity index (χ4v) is 2.17. The van der Waals surface area contributed by atoms with E-state index in [1.807, 2.05) is 25.1 Å². The van der Waals surface area contributed by atoms with E-state index in [1.54, 1.807) is 6.20 Å². The summed E-state index contributed by atoms with van der Waals surface area (Å²) in [5.74, 6) is -0.487. The predicted octanol–water partition coefficient (Wildman–Crippen LogP) is 1.51. The van der Waals surface area contributed by atoms with E-state index in [9.17, 15) is 9.59 Å². The molecule has 3 amide bonds. The summed E-state index contributed by atoms with van der Waals surface area (Å²) in [6.45, 7) is 1.94. The summed E-state index contributed by atoms with van der Waals surface area (Å²) in [4.78, 5) is 22.7. The van der Waals surface area contributed by atoms with Gasteiger partial charge in [-0.2, -0.15) is 5.10 Å². The molecule has 1 aromatic carbocycles. The van der Waals surface area contributed by atoms with Gasteiger partial charge in [-0.3, -0.25) is 9.48 Å². The third kappa shape index (κ3) is 5.82. The molecule has 4 N–H and O–H groups in total. The Morgan fingerprint density at radius 3 is 2.74 bits per heavy atom. The average Bonchev–Trinajstić information content (AvgIpc) is 2.92. The van der Waals surface area contributed by atoms with Crippen LogP contribution in [0, 0.1) is 0 Å². The van der Waals surface area contributed by atoms with Gasteiger partial charge in [0, 0.05) is 12.2 Å². The number of aryl methyl sites for hydroxylation is 1. The number of amides is 3. The Morgan fingerprint density at radius 1 is 1.30 bits per heavy atom. The number of urea groups is 1. The van der Waals surface area contributed by atoms with Crippen molar-refractivity contribution in [1.29, 1.82) is 0 Å². The molecule has 0 spiro atoms. The van der Waals surface area contributed by atoms with E-state index in [0.717, 1.165) is 12.8 Å². The van der Waals surface area contributed by atoms with Crippen LogP contribution in [-0.2, 0) is 17.8 Å². The second kappa shape index (κ2) is 7.98. The smallest absolute Gasteiger partial charge is 0.319 e. The first-order valence-electron chi connectivity index (χ1n) is 7.45. The number of primary amides is 1. The van der Waals surface area contributed by atoms with Crippen molar-refractivity contribution in [3.63, 3.8) is 0 Å². The fourth-order valence-electron chi connectivity index (χ4n) is 2.17. The third-order valence-electron chi connectivity index (χ3n) is 3.30. The van der Waals surface area contributed by atoms with Gasteiger partial charge in [0.15, 0.2) is 0 Å². The predicted molar refractivity (Wildman–Crippen MR) is 87.8 cm³/mol. The third-order valence-corrected chi connectivity index (χ3v) is 3.30. The van der Waals surface area contributed by atoms with Crippen molar-refractivity contribution in [3.05, 3.63) is 48.3 Å². The molecule has 23 heavy (non-hydrogen) atoms. The second-order valence-corrected chi connectivity index (χ2v) is 5.42. The Morgan fingerprint density at radius 2 is 2.04 bits per heavy atom. The molecule has 0 radical (unpaired) electrons. The molecule has 7 heteroatoms. The lowest BCUT2D eigenvalue weighted by molar-refractivity contribution is -0.118. The fraction of sp³-hybridized carbons (Fsp3) is 0.312. The van der Waals surface area contributed by atoms with Gasteiger partial charge in [-0.05, 0) is 25.3 Å². The molecule has 122 valence electrons. The van der Waals surface area contributed by atoms with E-state index in [2.05, 4.69) is 27.9 Å². The van der Waals surface area contributed by atoms with Crippen LogP contribution in [-0.4, -0.2) is 27.8 Å². The highest BCUT2D eigenvalue weighted by atomic mass is 16.2. The van der Waals surface area contributed by atoms with E-state index in [4.69, 9.17) is 5.73 Å². The molecular weight excluding hydrogens is 294 g/mol. The van der Waals surface area contributed by atoms with E-state index in [-0.39, 0.29) is 18.6 Å². The van der Waals surface area contributed by atoms with Gasteiger partial charge < -0.3 is 16.4 Å². The number of hydrogen-bond acceptors (Lipinski definition) is 3. The SMILES string of the molecule is C[C@@H](CCc1ccccc1)NC(=O)Nc1cnn(CC(N)=O)c1. The Bertz CT molecular complexity index is 654. The standard InChI is InChI=1S/C16H21N5O2/c1-12(7-8-13-5-3-2-4-6-13)19-16(23)20-14-9-18-21(10-14)11-15(17)22/h2-6,9-10,12H,7-8,11H2,1H3,(H2,17,22)(H2,19,20,23)/t12-/m0/s1. The van der Waals surface area contributed by atoms with E-state index >= 15 is 0 Å². The van der Waals surface area contributed by atoms with Gasteiger partial charge in [0.25, 0.3) is 0 Å². The minimum absolute atomic E-state index is 0.0171. The lowest BCUT2D eigenvalue weighted by Gasteiger charge is -2.14. The maximum absolute atomic E-state index is 11.9. The van der Waals surface area contributed by atoms with Gasteiger partial charge >= 0.3 is 6.03 Å². The first-order chi connectivity index (χ1) is 11.0. The summed E-state index contributed by atoms with van der Waals surface area (Å²) in [7, 11) is 0. The average molecular weight is 315 g/mol. The molecule has 0 aliphatic rings. The molecule has 7 nitrogen and oxygen atoms in total. The number of benzene rings is 1. The zero-order chi connectivity index (χ0) is 16.7. The van der Waals surface area contributed by atoms with E-state index < -0.39 is 5.91 Å². The zero-order valence-electron chi connectivity index (χ0n) is 13.0. The molecule has 1 atom stereocenters. The van der Waals surface area contributed by atoms with Crippen LogP contribution in [0.25, 0.3) is 0 Å². The molecule has 0 fully saturated rings. The van der Waals surface area contributed by atoms with Gasteiger partial charge in [-0.1, -0.05) is 30.3 Å². The summed E-state index contributed by atoms with van der Waals surface area (Å²) in [6, 6.07) is 9.87. The monoisotopic (exact) mass is 315 g/mol. The van der Waals surface area contributed by atoms with Crippen LogP contribution < -0.4 is 16.4 Å². The Balaban J connectivity index is 1.75. The van der Waals surface area contributed by atoms with E-state index in [1.165, 1.54) is 16.4 Å². The van der Waals surface area contributed by atoms with Gasteiger partial charge in [0.2, 0.25) is 5.91 Å². The summed E-state index contributed by atoms with van der Waals surface area (Å²) in [6.07, 6.45) is 4.77. The summed E-state index contributed by atoms with van der Waals surface area (Å²) < 4.78 is 1.37. The molecule has 1 heterocycles. The van der Waals surface area contributed by atoms with Crippen LogP contribution in [0.15, 0.2) is 42.7 Å². The summed E-state index contributed by atoms with van der Waals surface area (Å²) in [5, 5.41) is 9.49. The van der Waals surface area contributed by atoms with Gasteiger partial charge in [-0.25, -0.2) is 4.79 Å². The van der Waals surface area contributed by atoms with Crippen molar-refractivity contribution in [2.24, 2.45) is 5.73 Å². The highest BCUT2D eigenvalue weighted by Crippen LogP contribution is 2.07. The Labute approximate surface area is 134 Å². The number of hydrogen-bond donors (Lipinski definition) is 3. The van der Waals surface area contributed by atoms with Crippen molar-refractivity contribution in [2.75, 3.05) is 5.32 Å². The largest absolute Gasteiger partial charge is 0.368 e. The lowest BCUT2D eigenvalue weighted by atomic mass is 10.1. The molecule has 0 aliphatic heterocycles. The molecule has 1 aromatic heterocycles. The number of anilines is 1. The van der Waals surface area contributed by atoms with Gasteiger partial charge in [0.05, 0.1) is 11.9 Å². The van der Waals surface area contributed by atoms with Crippen molar-refractivity contribution in [3.8, 4) is 0 Å². The van der Waals surface area contributed by atoms with Crippen LogP contribution in [0.2, 0.25) is 0 Å². The molecule has 0 unspecified atom stereocenters. The first-order valence-corrected chi connectivity index (χ1v) is 7.45. The van der Waals surface area contributed by atoms with Crippen LogP contribution in [0.3, 0.4) is 0 Å². The molecule has 2 aromatic rings. The summed E-state index contributed by atoms with van der Waals surface area (Å²) in [5.41, 5.74) is 6.84. The topological polar surface area (TPSA) is 102 Å². The number of carbonyl (C=O) groups is 2. The maximum Gasteiger partial charge on any atom is 0.319 e. The van der Waals surface area contributed by atoms with Crippen LogP contribution in [0.1, 0.15) is 18.9 Å². The molecule has 0 saturated heterocycles. The Kier molecular flexibility index (Phi) is 5.74. The minimum atomic E-state index is -0.487. The lowest BCUT2D eigenvalue weighted by Crippen LogP contribution is -2.36. The number of nitrogens with zero attached hydrogens (tertiary/aromatic N) is 2. The number of aromatic nitrogens is 2. The Hall–Kier alpha value is -2.83. The van der Waals surface area contributed by atoms with Crippen molar-refractivity contribution < 1.29 is 9.59 Å². The maximum atomic E-state index is 11.9. The van der Waals surface area contributed by atoms with Crippen molar-refractivity contribution in [2.45, 2.75) is 32.4 Å². The molecule has 2 rings (SSSR count). The molecule has 0 aliphatic carbocycles. The van der Waals surface area contributed by atoms with Gasteiger partial charge in [-0.15, -0.1) is 0 Å². The molecule has 0 saturated carbocycles. The van der Waals surface area contributed by atoms with E-state index in [0.29, 0.717) is 5.69 Å². The van der Waals surface area contributed by atoms with Crippen LogP contribution in [0.4, 0.5) is 10.5 Å². The number of nitrogens with two attached hydrogens (primary N) is 1. The first kappa shape index (κ1) is 16.5. The zero-order valence-corrected chi connectivity index (χ0v) is 13.0. The number of carbonyl (C=O) groups excluding carboxylic acids is 2. The molecule has 0 bridgehead atoms. The van der Waals surface area contributed by atoms with Crippen LogP contribution >= 0.6 is 0 Å². The highest BCUT2D eigenvalue weighted by Gasteiger charge is 2.09. The van der Waals surface area contributed by atoms with Crippen molar-refractivity contribution >= 4 is 17.6 Å². The number of nitrogens with one attached hydrogen (secondary N) is 2. The second-order valence-electron chi connectivity index (χ2n) is 5.42. The van der Waals surface area contributed by atoms with Crippen LogP contribution in [0.5, 0.6) is 0 Å². The minimum Gasteiger partial charge on any atom is -0.368 e. The van der Waals surface area contributed by atoms with Crippen molar-refractivity contribution in [1.82, 2.24) is 15.1 Å². The quantitative estimate of drug-likeness (QED) is 0.721. The van der Waals surface area contributed by atoms with Gasteiger partial charge in [0.1, 0.15) is 6.54 Å². The summed E-state index contributed by atoms with van der Waals surface area (Å²) >= 11 is 0. The molecular formula is C16H21N5O2. The highest BCUT2D eigenvalue weighted by molar-refractivity contribution is 5.89. The normalized spacial score (nSPS) is 11.7. The number of rotatable bonds is 7.